The molecule has 4 aromatic rings. The fourth-order valence-corrected chi connectivity index (χ4v) is 4.18. The third kappa shape index (κ3) is 4.59. The van der Waals surface area contributed by atoms with Crippen LogP contribution in [0.5, 0.6) is 11.5 Å². The van der Waals surface area contributed by atoms with E-state index in [1.807, 2.05) is 48.7 Å². The molecule has 0 radical (unpaired) electrons. The maximum absolute atomic E-state index is 14.1. The van der Waals surface area contributed by atoms with Crippen molar-refractivity contribution >= 4 is 28.5 Å². The zero-order valence-electron chi connectivity index (χ0n) is 19.2. The van der Waals surface area contributed by atoms with Gasteiger partial charge in [-0.15, -0.1) is 0 Å². The summed E-state index contributed by atoms with van der Waals surface area (Å²) < 4.78 is 32.9. The molecule has 0 spiro atoms. The lowest BCUT2D eigenvalue weighted by Gasteiger charge is -2.11. The van der Waals surface area contributed by atoms with Crippen molar-refractivity contribution in [1.29, 1.82) is 0 Å². The maximum Gasteiger partial charge on any atom is 0.340 e. The normalized spacial score (nSPS) is 11.0. The summed E-state index contributed by atoms with van der Waals surface area (Å²) in [7, 11) is 0. The van der Waals surface area contributed by atoms with Crippen molar-refractivity contribution in [3.8, 4) is 17.2 Å². The Morgan fingerprint density at radius 2 is 1.71 bits per heavy atom. The molecular weight excluding hydrogens is 457 g/mol. The first-order chi connectivity index (χ1) is 16.4. The molecule has 0 aliphatic carbocycles. The van der Waals surface area contributed by atoms with E-state index in [4.69, 9.17) is 25.8 Å². The van der Waals surface area contributed by atoms with Crippen molar-refractivity contribution in [2.45, 2.75) is 27.4 Å². The number of hydrogen-bond donors (Lipinski definition) is 0. The second kappa shape index (κ2) is 10.2. The summed E-state index contributed by atoms with van der Waals surface area (Å²) in [5.41, 5.74) is 3.18. The van der Waals surface area contributed by atoms with Gasteiger partial charge in [-0.25, -0.2) is 9.18 Å². The van der Waals surface area contributed by atoms with Crippen LogP contribution in [0.1, 0.15) is 35.5 Å². The van der Waals surface area contributed by atoms with Crippen molar-refractivity contribution in [2.24, 2.45) is 0 Å². The number of hydrogen-bond acceptors (Lipinski definition) is 4. The fraction of sp³-hybridized carbons (Fsp3) is 0.222. The van der Waals surface area contributed by atoms with E-state index >= 15 is 0 Å². The summed E-state index contributed by atoms with van der Waals surface area (Å²) in [6.45, 7) is 6.38. The number of aromatic nitrogens is 1. The highest BCUT2D eigenvalue weighted by Crippen LogP contribution is 2.33. The van der Waals surface area contributed by atoms with E-state index in [0.29, 0.717) is 28.3 Å². The van der Waals surface area contributed by atoms with Crippen molar-refractivity contribution in [2.75, 3.05) is 13.2 Å². The molecular formula is C27H25ClFNO4. The van der Waals surface area contributed by atoms with Gasteiger partial charge in [-0.3, -0.25) is 0 Å². The van der Waals surface area contributed by atoms with Crippen LogP contribution in [0, 0.1) is 12.7 Å². The number of ether oxygens (including phenoxy) is 3. The Kier molecular flexibility index (Phi) is 7.08. The van der Waals surface area contributed by atoms with E-state index < -0.39 is 11.8 Å². The van der Waals surface area contributed by atoms with E-state index in [0.717, 1.165) is 22.6 Å². The summed E-state index contributed by atoms with van der Waals surface area (Å²) in [6.07, 6.45) is 0. The van der Waals surface area contributed by atoms with Gasteiger partial charge >= 0.3 is 5.97 Å². The Bertz CT molecular complexity index is 1310. The molecule has 0 aliphatic heterocycles. The third-order valence-electron chi connectivity index (χ3n) is 5.51. The van der Waals surface area contributed by atoms with Crippen LogP contribution >= 0.6 is 11.6 Å². The summed E-state index contributed by atoms with van der Waals surface area (Å²) in [5.74, 6) is 0.414. The highest BCUT2D eigenvalue weighted by atomic mass is 35.5. The summed E-state index contributed by atoms with van der Waals surface area (Å²) in [5, 5.41) is 0.979. The van der Waals surface area contributed by atoms with Gasteiger partial charge in [0.15, 0.2) is 0 Å². The molecule has 0 saturated heterocycles. The Morgan fingerprint density at radius 3 is 2.38 bits per heavy atom. The van der Waals surface area contributed by atoms with E-state index in [9.17, 15) is 9.18 Å². The van der Waals surface area contributed by atoms with Crippen LogP contribution in [-0.4, -0.2) is 23.8 Å². The van der Waals surface area contributed by atoms with Gasteiger partial charge in [-0.1, -0.05) is 17.7 Å². The Labute approximate surface area is 202 Å². The molecule has 1 heterocycles. The van der Waals surface area contributed by atoms with Crippen LogP contribution < -0.4 is 9.47 Å². The van der Waals surface area contributed by atoms with Crippen LogP contribution in [0.3, 0.4) is 0 Å². The SMILES string of the molecule is CCOC(=O)c1c(C)n(-c2ccc(OCC)cc2)c2ccc(OCc3c(F)cccc3Cl)cc12. The summed E-state index contributed by atoms with van der Waals surface area (Å²) in [4.78, 5) is 12.9. The number of carbonyl (C=O) groups excluding carboxylic acids is 1. The second-order valence-corrected chi connectivity index (χ2v) is 8.02. The van der Waals surface area contributed by atoms with Gasteiger partial charge in [0.1, 0.15) is 23.9 Å². The van der Waals surface area contributed by atoms with Gasteiger partial charge < -0.3 is 18.8 Å². The minimum atomic E-state index is -0.432. The molecule has 1 aromatic heterocycles. The summed E-state index contributed by atoms with van der Waals surface area (Å²) in [6, 6.07) is 17.6. The van der Waals surface area contributed by atoms with Gasteiger partial charge in [-0.05, 0) is 75.4 Å². The quantitative estimate of drug-likeness (QED) is 0.257. The molecule has 0 N–H and O–H groups in total. The van der Waals surface area contributed by atoms with Gasteiger partial charge in [0.2, 0.25) is 0 Å². The van der Waals surface area contributed by atoms with Crippen molar-refractivity contribution < 1.29 is 23.4 Å². The van der Waals surface area contributed by atoms with Crippen LogP contribution in [0.2, 0.25) is 5.02 Å². The average molecular weight is 482 g/mol. The third-order valence-corrected chi connectivity index (χ3v) is 5.86. The minimum absolute atomic E-state index is 0.0374. The number of rotatable bonds is 8. The number of halogens is 2. The lowest BCUT2D eigenvalue weighted by atomic mass is 10.1. The number of nitrogens with zero attached hydrogens (tertiary/aromatic N) is 1. The van der Waals surface area contributed by atoms with Crippen LogP contribution in [0.4, 0.5) is 4.39 Å². The highest BCUT2D eigenvalue weighted by Gasteiger charge is 2.22. The van der Waals surface area contributed by atoms with Crippen LogP contribution in [0.15, 0.2) is 60.7 Å². The van der Waals surface area contributed by atoms with E-state index in [2.05, 4.69) is 0 Å². The Morgan fingerprint density at radius 1 is 0.971 bits per heavy atom. The van der Waals surface area contributed by atoms with Gasteiger partial charge in [0.05, 0.1) is 29.3 Å². The number of esters is 1. The van der Waals surface area contributed by atoms with E-state index in [1.54, 1.807) is 31.2 Å². The largest absolute Gasteiger partial charge is 0.494 e. The molecule has 5 nitrogen and oxygen atoms in total. The first kappa shape index (κ1) is 23.6. The van der Waals surface area contributed by atoms with Gasteiger partial charge in [0.25, 0.3) is 0 Å². The molecule has 0 bridgehead atoms. The Hall–Kier alpha value is -3.51. The zero-order valence-corrected chi connectivity index (χ0v) is 20.0. The average Bonchev–Trinajstić information content (AvgIpc) is 3.11. The first-order valence-corrected chi connectivity index (χ1v) is 11.4. The Balaban J connectivity index is 1.77. The molecule has 3 aromatic carbocycles. The number of fused-ring (bicyclic) bond motifs is 1. The molecule has 7 heteroatoms. The van der Waals surface area contributed by atoms with Crippen LogP contribution in [-0.2, 0) is 11.3 Å². The lowest BCUT2D eigenvalue weighted by molar-refractivity contribution is 0.0527. The number of carbonyl (C=O) groups is 1. The topological polar surface area (TPSA) is 49.7 Å². The molecule has 0 fully saturated rings. The molecule has 4 rings (SSSR count). The highest BCUT2D eigenvalue weighted by molar-refractivity contribution is 6.31. The van der Waals surface area contributed by atoms with Crippen molar-refractivity contribution in [3.63, 3.8) is 0 Å². The maximum atomic E-state index is 14.1. The van der Waals surface area contributed by atoms with Crippen molar-refractivity contribution in [3.05, 3.63) is 88.3 Å². The monoisotopic (exact) mass is 481 g/mol. The molecule has 176 valence electrons. The number of benzene rings is 3. The second-order valence-electron chi connectivity index (χ2n) is 7.61. The predicted molar refractivity (Wildman–Crippen MR) is 131 cm³/mol. The molecule has 0 aliphatic rings. The first-order valence-electron chi connectivity index (χ1n) is 11.1. The molecule has 0 saturated carbocycles. The molecule has 0 unspecified atom stereocenters. The predicted octanol–water partition coefficient (Wildman–Crippen LogP) is 6.89. The van der Waals surface area contributed by atoms with Crippen molar-refractivity contribution in [1.82, 2.24) is 4.57 Å². The fourth-order valence-electron chi connectivity index (χ4n) is 3.97. The van der Waals surface area contributed by atoms with E-state index in [1.165, 1.54) is 6.07 Å². The molecule has 0 atom stereocenters. The van der Waals surface area contributed by atoms with Crippen LogP contribution in [0.25, 0.3) is 16.6 Å². The zero-order chi connectivity index (χ0) is 24.2. The van der Waals surface area contributed by atoms with Gasteiger partial charge in [-0.2, -0.15) is 0 Å². The van der Waals surface area contributed by atoms with Gasteiger partial charge in [0, 0.05) is 22.3 Å². The standard InChI is InChI=1S/C27H25ClFNO4/c1-4-32-19-11-9-18(10-12-19)30-17(3)26(27(31)33-5-2)21-15-20(13-14-25(21)30)34-16-22-23(28)7-6-8-24(22)29/h6-15H,4-5,16H2,1-3H3. The molecule has 0 amide bonds. The lowest BCUT2D eigenvalue weighted by Crippen LogP contribution is -2.07. The summed E-state index contributed by atoms with van der Waals surface area (Å²) >= 11 is 6.12. The minimum Gasteiger partial charge on any atom is -0.494 e. The molecule has 34 heavy (non-hydrogen) atoms. The smallest absolute Gasteiger partial charge is 0.340 e. The van der Waals surface area contributed by atoms with E-state index in [-0.39, 0.29) is 18.8 Å².